The molecule has 8 heteroatoms. The number of aromatic amines is 2. The Balaban J connectivity index is 1.95. The van der Waals surface area contributed by atoms with E-state index >= 15 is 0 Å². The average Bonchev–Trinajstić information content (AvgIpc) is 2.48. The molecule has 2 aromatic rings. The molecule has 0 aliphatic rings. The Morgan fingerprint density at radius 1 is 1.29 bits per heavy atom. The third-order valence-electron chi connectivity index (χ3n) is 2.50. The van der Waals surface area contributed by atoms with E-state index in [1.54, 1.807) is 24.3 Å². The minimum atomic E-state index is -0.687. The Bertz CT molecular complexity index is 750. The van der Waals surface area contributed by atoms with Crippen LogP contribution in [0.5, 0.6) is 11.5 Å². The molecule has 8 nitrogen and oxygen atoms in total. The molecule has 0 aliphatic heterocycles. The first-order valence-electron chi connectivity index (χ1n) is 5.97. The highest BCUT2D eigenvalue weighted by Gasteiger charge is 2.07. The van der Waals surface area contributed by atoms with Gasteiger partial charge in [0.15, 0.2) is 6.61 Å². The van der Waals surface area contributed by atoms with E-state index in [2.05, 4.69) is 10.3 Å². The van der Waals surface area contributed by atoms with E-state index in [1.807, 2.05) is 4.98 Å². The zero-order chi connectivity index (χ0) is 15.2. The lowest BCUT2D eigenvalue weighted by Crippen LogP contribution is -2.28. The van der Waals surface area contributed by atoms with Gasteiger partial charge in [-0.3, -0.25) is 14.6 Å². The number of nitrogens with one attached hydrogen (secondary N) is 3. The molecule has 110 valence electrons. The molecule has 0 bridgehead atoms. The van der Waals surface area contributed by atoms with Gasteiger partial charge in [-0.15, -0.1) is 0 Å². The lowest BCUT2D eigenvalue weighted by Gasteiger charge is -2.07. The molecule has 1 heterocycles. The van der Waals surface area contributed by atoms with Crippen LogP contribution in [-0.2, 0) is 4.79 Å². The van der Waals surface area contributed by atoms with E-state index < -0.39 is 17.2 Å². The molecule has 0 spiro atoms. The number of anilines is 1. The number of rotatable bonds is 5. The Morgan fingerprint density at radius 3 is 2.76 bits per heavy atom. The maximum Gasteiger partial charge on any atom is 0.325 e. The molecule has 0 saturated carbocycles. The first kappa shape index (κ1) is 14.4. The average molecular weight is 291 g/mol. The summed E-state index contributed by atoms with van der Waals surface area (Å²) in [5.41, 5.74) is -1.40. The maximum absolute atomic E-state index is 11.7. The summed E-state index contributed by atoms with van der Waals surface area (Å²) >= 11 is 0. The van der Waals surface area contributed by atoms with Gasteiger partial charge in [0.2, 0.25) is 0 Å². The topological polar surface area (TPSA) is 113 Å². The zero-order valence-corrected chi connectivity index (χ0v) is 11.1. The fourth-order valence-corrected chi connectivity index (χ4v) is 1.53. The van der Waals surface area contributed by atoms with Crippen LogP contribution in [0.15, 0.2) is 40.1 Å². The van der Waals surface area contributed by atoms with Crippen LogP contribution >= 0.6 is 0 Å². The molecule has 1 aromatic heterocycles. The number of ether oxygens (including phenoxy) is 2. The van der Waals surface area contributed by atoms with Gasteiger partial charge in [0.05, 0.1) is 7.11 Å². The number of carbonyl (C=O) groups excluding carboxylic acids is 1. The molecular formula is C13H13N3O5. The minimum absolute atomic E-state index is 0.0613. The molecule has 0 saturated heterocycles. The molecule has 0 atom stereocenters. The van der Waals surface area contributed by atoms with Crippen molar-refractivity contribution in [1.82, 2.24) is 9.97 Å². The third kappa shape index (κ3) is 3.96. The van der Waals surface area contributed by atoms with Gasteiger partial charge in [0, 0.05) is 12.3 Å². The second kappa shape index (κ2) is 6.42. The van der Waals surface area contributed by atoms with Crippen molar-refractivity contribution >= 4 is 11.6 Å². The number of H-pyrrole nitrogens is 2. The van der Waals surface area contributed by atoms with Gasteiger partial charge in [-0.1, -0.05) is 6.07 Å². The van der Waals surface area contributed by atoms with Gasteiger partial charge < -0.3 is 19.8 Å². The Labute approximate surface area is 118 Å². The van der Waals surface area contributed by atoms with Crippen molar-refractivity contribution < 1.29 is 14.3 Å². The monoisotopic (exact) mass is 291 g/mol. The number of carbonyl (C=O) groups is 1. The first-order chi connectivity index (χ1) is 10.1. The Kier molecular flexibility index (Phi) is 4.39. The van der Waals surface area contributed by atoms with Crippen LogP contribution in [0.25, 0.3) is 0 Å². The van der Waals surface area contributed by atoms with Crippen molar-refractivity contribution in [3.63, 3.8) is 0 Å². The second-order valence-corrected chi connectivity index (χ2v) is 4.00. The van der Waals surface area contributed by atoms with Crippen LogP contribution in [0.4, 0.5) is 5.69 Å². The quantitative estimate of drug-likeness (QED) is 0.722. The Hall–Kier alpha value is -3.03. The van der Waals surface area contributed by atoms with E-state index in [1.165, 1.54) is 7.11 Å². The fraction of sp³-hybridized carbons (Fsp3) is 0.154. The summed E-state index contributed by atoms with van der Waals surface area (Å²) in [5.74, 6) is 0.528. The summed E-state index contributed by atoms with van der Waals surface area (Å²) in [6.07, 6.45) is 1.12. The molecule has 0 aliphatic carbocycles. The molecular weight excluding hydrogens is 278 g/mol. The summed E-state index contributed by atoms with van der Waals surface area (Å²) < 4.78 is 10.3. The smallest absolute Gasteiger partial charge is 0.325 e. The molecule has 21 heavy (non-hydrogen) atoms. The van der Waals surface area contributed by atoms with E-state index in [9.17, 15) is 14.4 Å². The highest BCUT2D eigenvalue weighted by molar-refractivity contribution is 5.91. The zero-order valence-electron chi connectivity index (χ0n) is 11.1. The first-order valence-corrected chi connectivity index (χ1v) is 5.97. The van der Waals surface area contributed by atoms with Crippen molar-refractivity contribution in [2.75, 3.05) is 19.0 Å². The summed E-state index contributed by atoms with van der Waals surface area (Å²) in [7, 11) is 1.52. The van der Waals surface area contributed by atoms with Crippen LogP contribution in [0.1, 0.15) is 0 Å². The highest BCUT2D eigenvalue weighted by atomic mass is 16.5. The SMILES string of the molecule is COc1cccc(OCC(=O)Nc2c[nH]c(=O)[nH]c2=O)c1. The number of aromatic nitrogens is 2. The third-order valence-corrected chi connectivity index (χ3v) is 2.50. The van der Waals surface area contributed by atoms with Gasteiger partial charge in [-0.25, -0.2) is 4.79 Å². The molecule has 0 radical (unpaired) electrons. The number of amides is 1. The minimum Gasteiger partial charge on any atom is -0.497 e. The van der Waals surface area contributed by atoms with E-state index in [0.717, 1.165) is 6.20 Å². The summed E-state index contributed by atoms with van der Waals surface area (Å²) in [6.45, 7) is -0.286. The van der Waals surface area contributed by atoms with Crippen LogP contribution < -0.4 is 26.0 Å². The number of hydrogen-bond donors (Lipinski definition) is 3. The predicted octanol–water partition coefficient (Wildman–Crippen LogP) is 0.0893. The normalized spacial score (nSPS) is 9.95. The second-order valence-electron chi connectivity index (χ2n) is 4.00. The molecule has 0 unspecified atom stereocenters. The highest BCUT2D eigenvalue weighted by Crippen LogP contribution is 2.18. The van der Waals surface area contributed by atoms with Crippen LogP contribution in [0.3, 0.4) is 0 Å². The van der Waals surface area contributed by atoms with E-state index in [-0.39, 0.29) is 12.3 Å². The molecule has 3 N–H and O–H groups in total. The van der Waals surface area contributed by atoms with Gasteiger partial charge in [0.25, 0.3) is 11.5 Å². The Morgan fingerprint density at radius 2 is 2.05 bits per heavy atom. The standard InChI is InChI=1S/C13H13N3O5/c1-20-8-3-2-4-9(5-8)21-7-11(17)15-10-6-14-13(19)16-12(10)18/h2-6H,7H2,1H3,(H,15,17)(H2,14,16,18,19). The summed E-state index contributed by atoms with van der Waals surface area (Å²) in [6, 6.07) is 6.76. The van der Waals surface area contributed by atoms with Crippen LogP contribution in [-0.4, -0.2) is 29.6 Å². The van der Waals surface area contributed by atoms with Crippen LogP contribution in [0, 0.1) is 0 Å². The maximum atomic E-state index is 11.7. The summed E-state index contributed by atoms with van der Waals surface area (Å²) in [5, 5.41) is 2.33. The van der Waals surface area contributed by atoms with Gasteiger partial charge >= 0.3 is 5.69 Å². The van der Waals surface area contributed by atoms with E-state index in [4.69, 9.17) is 9.47 Å². The number of benzene rings is 1. The van der Waals surface area contributed by atoms with E-state index in [0.29, 0.717) is 11.5 Å². The van der Waals surface area contributed by atoms with Gasteiger partial charge in [-0.05, 0) is 12.1 Å². The van der Waals surface area contributed by atoms with Gasteiger partial charge in [0.1, 0.15) is 17.2 Å². The molecule has 2 rings (SSSR count). The predicted molar refractivity (Wildman–Crippen MR) is 74.8 cm³/mol. The largest absolute Gasteiger partial charge is 0.497 e. The molecule has 1 amide bonds. The van der Waals surface area contributed by atoms with Crippen LogP contribution in [0.2, 0.25) is 0 Å². The fourth-order valence-electron chi connectivity index (χ4n) is 1.53. The molecule has 0 fully saturated rings. The molecule has 1 aromatic carbocycles. The van der Waals surface area contributed by atoms with Crippen molar-refractivity contribution in [2.45, 2.75) is 0 Å². The number of hydrogen-bond acceptors (Lipinski definition) is 5. The van der Waals surface area contributed by atoms with Crippen molar-refractivity contribution in [3.8, 4) is 11.5 Å². The number of methoxy groups -OCH3 is 1. The van der Waals surface area contributed by atoms with Crippen molar-refractivity contribution in [1.29, 1.82) is 0 Å². The van der Waals surface area contributed by atoms with Crippen molar-refractivity contribution in [3.05, 3.63) is 51.3 Å². The van der Waals surface area contributed by atoms with Gasteiger partial charge in [-0.2, -0.15) is 0 Å². The van der Waals surface area contributed by atoms with Crippen molar-refractivity contribution in [2.24, 2.45) is 0 Å². The lowest BCUT2D eigenvalue weighted by molar-refractivity contribution is -0.118. The lowest BCUT2D eigenvalue weighted by atomic mass is 10.3. The summed E-state index contributed by atoms with van der Waals surface area (Å²) in [4.78, 5) is 38.1.